The standard InChI is InChI=1S/C21H27N3O4S/c1-14(25)24-11-4-7-17(24)10-12-29(27,28)23-21(26)22-20-18-8-2-5-15(18)13-16-6-3-9-19(16)20/h10,12-13,17H,2-9,11H2,1H3,(H2,22,23,26)/b12-10+. The van der Waals surface area contributed by atoms with Crippen LogP contribution in [-0.4, -0.2) is 37.8 Å². The molecule has 29 heavy (non-hydrogen) atoms. The second-order valence-electron chi connectivity index (χ2n) is 8.09. The van der Waals surface area contributed by atoms with Crippen molar-refractivity contribution in [2.75, 3.05) is 11.9 Å². The predicted molar refractivity (Wildman–Crippen MR) is 111 cm³/mol. The van der Waals surface area contributed by atoms with E-state index in [1.807, 2.05) is 0 Å². The first kappa shape index (κ1) is 19.9. The number of sulfonamides is 1. The minimum atomic E-state index is -3.95. The molecule has 2 aliphatic carbocycles. The Kier molecular flexibility index (Phi) is 5.38. The summed E-state index contributed by atoms with van der Waals surface area (Å²) < 4.78 is 26.8. The largest absolute Gasteiger partial charge is 0.336 e. The Hall–Kier alpha value is -2.35. The first-order chi connectivity index (χ1) is 13.8. The number of carbonyl (C=O) groups is 2. The average Bonchev–Trinajstić information content (AvgIpc) is 3.39. The van der Waals surface area contributed by atoms with E-state index in [-0.39, 0.29) is 11.9 Å². The Morgan fingerprint density at radius 3 is 2.34 bits per heavy atom. The van der Waals surface area contributed by atoms with Crippen LogP contribution in [0.15, 0.2) is 17.6 Å². The second kappa shape index (κ2) is 7.82. The maximum absolute atomic E-state index is 12.5. The van der Waals surface area contributed by atoms with Crippen LogP contribution in [0.2, 0.25) is 0 Å². The molecule has 7 nitrogen and oxygen atoms in total. The first-order valence-corrected chi connectivity index (χ1v) is 11.8. The maximum Gasteiger partial charge on any atom is 0.333 e. The molecular weight excluding hydrogens is 390 g/mol. The van der Waals surface area contributed by atoms with Gasteiger partial charge in [-0.05, 0) is 79.7 Å². The third-order valence-corrected chi connectivity index (χ3v) is 7.12. The number of rotatable bonds is 4. The van der Waals surface area contributed by atoms with Crippen molar-refractivity contribution in [1.82, 2.24) is 9.62 Å². The van der Waals surface area contributed by atoms with Gasteiger partial charge in [0, 0.05) is 24.6 Å². The lowest BCUT2D eigenvalue weighted by atomic mass is 9.99. The fraction of sp³-hybridized carbons (Fsp3) is 0.524. The van der Waals surface area contributed by atoms with E-state index in [1.165, 1.54) is 24.1 Å². The van der Waals surface area contributed by atoms with Crippen LogP contribution in [-0.2, 0) is 40.5 Å². The van der Waals surface area contributed by atoms with Gasteiger partial charge in [0.15, 0.2) is 0 Å². The van der Waals surface area contributed by atoms with Gasteiger partial charge in [0.05, 0.1) is 6.04 Å². The molecule has 0 aromatic heterocycles. The van der Waals surface area contributed by atoms with Crippen LogP contribution >= 0.6 is 0 Å². The Bertz CT molecular complexity index is 952. The molecule has 1 saturated heterocycles. The maximum atomic E-state index is 12.5. The van der Waals surface area contributed by atoms with Gasteiger partial charge >= 0.3 is 6.03 Å². The number of hydrogen-bond acceptors (Lipinski definition) is 4. The van der Waals surface area contributed by atoms with Gasteiger partial charge in [-0.25, -0.2) is 17.9 Å². The monoisotopic (exact) mass is 417 g/mol. The van der Waals surface area contributed by atoms with Crippen LogP contribution < -0.4 is 10.0 Å². The number of carbonyl (C=O) groups excluding carboxylic acids is 2. The lowest BCUT2D eigenvalue weighted by molar-refractivity contribution is -0.128. The highest BCUT2D eigenvalue weighted by molar-refractivity contribution is 7.92. The fourth-order valence-corrected chi connectivity index (χ4v) is 5.61. The van der Waals surface area contributed by atoms with E-state index >= 15 is 0 Å². The number of hydrogen-bond donors (Lipinski definition) is 2. The molecule has 4 rings (SSSR count). The van der Waals surface area contributed by atoms with Crippen molar-refractivity contribution in [3.8, 4) is 0 Å². The van der Waals surface area contributed by atoms with Gasteiger partial charge in [0.1, 0.15) is 0 Å². The number of urea groups is 1. The normalized spacial score (nSPS) is 20.7. The number of benzene rings is 1. The first-order valence-electron chi connectivity index (χ1n) is 10.3. The van der Waals surface area contributed by atoms with Crippen molar-refractivity contribution in [3.05, 3.63) is 39.8 Å². The Morgan fingerprint density at radius 2 is 1.72 bits per heavy atom. The molecule has 1 atom stereocenters. The fourth-order valence-electron chi connectivity index (χ4n) is 4.85. The van der Waals surface area contributed by atoms with Gasteiger partial charge < -0.3 is 10.2 Å². The molecule has 1 aliphatic heterocycles. The summed E-state index contributed by atoms with van der Waals surface area (Å²) in [5.74, 6) is -0.0768. The molecule has 3 amide bonds. The Labute approximate surface area is 171 Å². The van der Waals surface area contributed by atoms with Gasteiger partial charge in [0.2, 0.25) is 5.91 Å². The van der Waals surface area contributed by atoms with Crippen LogP contribution in [0.3, 0.4) is 0 Å². The molecule has 3 aliphatic rings. The summed E-state index contributed by atoms with van der Waals surface area (Å²) >= 11 is 0. The molecule has 0 radical (unpaired) electrons. The minimum Gasteiger partial charge on any atom is -0.336 e. The number of amides is 3. The number of nitrogens with zero attached hydrogens (tertiary/aromatic N) is 1. The molecule has 2 N–H and O–H groups in total. The van der Waals surface area contributed by atoms with Gasteiger partial charge in [-0.15, -0.1) is 0 Å². The number of anilines is 1. The summed E-state index contributed by atoms with van der Waals surface area (Å²) in [7, 11) is -3.95. The van der Waals surface area contributed by atoms with E-state index in [4.69, 9.17) is 0 Å². The lowest BCUT2D eigenvalue weighted by Crippen LogP contribution is -2.35. The zero-order valence-electron chi connectivity index (χ0n) is 16.7. The Balaban J connectivity index is 1.46. The molecule has 1 aromatic carbocycles. The van der Waals surface area contributed by atoms with E-state index < -0.39 is 16.1 Å². The van der Waals surface area contributed by atoms with Gasteiger partial charge in [-0.3, -0.25) is 4.79 Å². The van der Waals surface area contributed by atoms with Crippen molar-refractivity contribution in [2.24, 2.45) is 0 Å². The third-order valence-electron chi connectivity index (χ3n) is 6.13. The average molecular weight is 418 g/mol. The molecule has 1 heterocycles. The number of likely N-dealkylation sites (tertiary alicyclic amines) is 1. The zero-order valence-corrected chi connectivity index (χ0v) is 17.5. The minimum absolute atomic E-state index is 0.0768. The number of fused-ring (bicyclic) bond motifs is 2. The summed E-state index contributed by atoms with van der Waals surface area (Å²) in [5, 5.41) is 3.82. The topological polar surface area (TPSA) is 95.6 Å². The van der Waals surface area contributed by atoms with Crippen molar-refractivity contribution in [1.29, 1.82) is 0 Å². The molecule has 1 fully saturated rings. The van der Waals surface area contributed by atoms with E-state index in [0.717, 1.165) is 73.6 Å². The highest BCUT2D eigenvalue weighted by atomic mass is 32.2. The molecule has 1 aromatic rings. The van der Waals surface area contributed by atoms with Crippen molar-refractivity contribution in [2.45, 2.75) is 64.3 Å². The summed E-state index contributed by atoms with van der Waals surface area (Å²) in [6, 6.07) is 1.28. The van der Waals surface area contributed by atoms with Crippen LogP contribution in [0.4, 0.5) is 10.5 Å². The number of aryl methyl sites for hydroxylation is 2. The quantitative estimate of drug-likeness (QED) is 0.787. The van der Waals surface area contributed by atoms with E-state index in [9.17, 15) is 18.0 Å². The molecule has 0 spiro atoms. The lowest BCUT2D eigenvalue weighted by Gasteiger charge is -2.20. The van der Waals surface area contributed by atoms with Crippen molar-refractivity contribution >= 4 is 27.6 Å². The Morgan fingerprint density at radius 1 is 1.07 bits per heavy atom. The second-order valence-corrected chi connectivity index (χ2v) is 9.65. The highest BCUT2D eigenvalue weighted by Crippen LogP contribution is 2.38. The summed E-state index contributed by atoms with van der Waals surface area (Å²) in [6.45, 7) is 2.10. The highest BCUT2D eigenvalue weighted by Gasteiger charge is 2.27. The summed E-state index contributed by atoms with van der Waals surface area (Å²) in [5.41, 5.74) is 5.65. The predicted octanol–water partition coefficient (Wildman–Crippen LogP) is 2.64. The SMILES string of the molecule is CC(=O)N1CCCC1/C=C/S(=O)(=O)NC(=O)Nc1c2c(cc3c1CCC3)CCC2. The van der Waals surface area contributed by atoms with Crippen LogP contribution in [0, 0.1) is 0 Å². The zero-order chi connectivity index (χ0) is 20.6. The van der Waals surface area contributed by atoms with Gasteiger partial charge in [-0.1, -0.05) is 6.07 Å². The molecule has 156 valence electrons. The molecule has 8 heteroatoms. The third kappa shape index (κ3) is 4.17. The molecule has 1 unspecified atom stereocenters. The smallest absolute Gasteiger partial charge is 0.333 e. The molecular formula is C21H27N3O4S. The number of nitrogens with one attached hydrogen (secondary N) is 2. The van der Waals surface area contributed by atoms with Crippen LogP contribution in [0.5, 0.6) is 0 Å². The van der Waals surface area contributed by atoms with Crippen LogP contribution in [0.25, 0.3) is 0 Å². The molecule has 0 saturated carbocycles. The van der Waals surface area contributed by atoms with Crippen molar-refractivity contribution in [3.63, 3.8) is 0 Å². The van der Waals surface area contributed by atoms with E-state index in [0.29, 0.717) is 6.54 Å². The molecule has 0 bridgehead atoms. The van der Waals surface area contributed by atoms with E-state index in [1.54, 1.807) is 4.90 Å². The van der Waals surface area contributed by atoms with E-state index in [2.05, 4.69) is 16.1 Å². The summed E-state index contributed by atoms with van der Waals surface area (Å²) in [4.78, 5) is 25.7. The summed E-state index contributed by atoms with van der Waals surface area (Å²) in [6.07, 6.45) is 9.00. The van der Waals surface area contributed by atoms with Gasteiger partial charge in [0.25, 0.3) is 10.0 Å². The van der Waals surface area contributed by atoms with Crippen LogP contribution in [0.1, 0.15) is 54.9 Å². The van der Waals surface area contributed by atoms with Gasteiger partial charge in [-0.2, -0.15) is 0 Å². The van der Waals surface area contributed by atoms with Crippen molar-refractivity contribution < 1.29 is 18.0 Å².